The maximum absolute atomic E-state index is 13.2. The van der Waals surface area contributed by atoms with Crippen LogP contribution in [0.25, 0.3) is 0 Å². The summed E-state index contributed by atoms with van der Waals surface area (Å²) in [6.07, 6.45) is 6.02. The molecule has 0 amide bonds. The molecule has 5 nitrogen and oxygen atoms in total. The molecule has 0 aliphatic heterocycles. The van der Waals surface area contributed by atoms with Gasteiger partial charge in [-0.25, -0.2) is 0 Å². The van der Waals surface area contributed by atoms with Crippen LogP contribution in [0.5, 0.6) is 0 Å². The Balaban J connectivity index is 1.87. The summed E-state index contributed by atoms with van der Waals surface area (Å²) in [5.74, 6) is 0.462. The van der Waals surface area contributed by atoms with Gasteiger partial charge in [0.1, 0.15) is 0 Å². The molecule has 1 aromatic carbocycles. The average molecular weight is 392 g/mol. The summed E-state index contributed by atoms with van der Waals surface area (Å²) in [6.45, 7) is 4.62. The quantitative estimate of drug-likeness (QED) is 0.574. The van der Waals surface area contributed by atoms with Crippen LogP contribution in [0.3, 0.4) is 0 Å². The van der Waals surface area contributed by atoms with E-state index in [2.05, 4.69) is 11.4 Å². The van der Waals surface area contributed by atoms with Crippen molar-refractivity contribution in [2.75, 3.05) is 25.5 Å². The third-order valence-electron chi connectivity index (χ3n) is 5.29. The van der Waals surface area contributed by atoms with Gasteiger partial charge in [-0.2, -0.15) is 5.26 Å². The predicted octanol–water partition coefficient (Wildman–Crippen LogP) is 4.46. The van der Waals surface area contributed by atoms with E-state index >= 15 is 0 Å². The van der Waals surface area contributed by atoms with Crippen molar-refractivity contribution in [3.05, 3.63) is 35.4 Å². The summed E-state index contributed by atoms with van der Waals surface area (Å²) in [7, 11) is -2.82. The van der Waals surface area contributed by atoms with Crippen molar-refractivity contribution in [1.82, 2.24) is 5.32 Å². The van der Waals surface area contributed by atoms with Gasteiger partial charge in [0, 0.05) is 18.7 Å². The fraction of sp³-hybridized carbons (Fsp3) is 0.667. The molecule has 0 spiro atoms. The first kappa shape index (κ1) is 22.1. The van der Waals surface area contributed by atoms with Gasteiger partial charge in [0.2, 0.25) is 7.37 Å². The zero-order chi connectivity index (χ0) is 19.7. The van der Waals surface area contributed by atoms with E-state index in [9.17, 15) is 9.67 Å². The molecule has 1 fully saturated rings. The van der Waals surface area contributed by atoms with Crippen LogP contribution in [0.15, 0.2) is 24.3 Å². The summed E-state index contributed by atoms with van der Waals surface area (Å²) in [4.78, 5) is 0. The molecule has 6 heteroatoms. The molecule has 2 N–H and O–H groups in total. The van der Waals surface area contributed by atoms with E-state index in [4.69, 9.17) is 9.79 Å². The molecule has 1 aliphatic rings. The van der Waals surface area contributed by atoms with E-state index in [0.29, 0.717) is 30.8 Å². The first-order valence-electron chi connectivity index (χ1n) is 10.1. The lowest BCUT2D eigenvalue weighted by Crippen LogP contribution is -2.32. The SMILES string of the molecule is CCOP(=O)(CC(O)CNC(C)c1cccc(C#N)c1)CC1CCCCC1. The van der Waals surface area contributed by atoms with Gasteiger partial charge in [0.25, 0.3) is 0 Å². The normalized spacial score (nSPS) is 19.8. The molecule has 0 aromatic heterocycles. The number of hydrogen-bond acceptors (Lipinski definition) is 5. The highest BCUT2D eigenvalue weighted by Crippen LogP contribution is 2.51. The molecule has 0 radical (unpaired) electrons. The van der Waals surface area contributed by atoms with Crippen molar-refractivity contribution in [3.63, 3.8) is 0 Å². The fourth-order valence-electron chi connectivity index (χ4n) is 3.87. The second-order valence-electron chi connectivity index (χ2n) is 7.62. The van der Waals surface area contributed by atoms with Crippen LogP contribution in [0.1, 0.15) is 63.1 Å². The lowest BCUT2D eigenvalue weighted by molar-refractivity contribution is 0.182. The number of nitriles is 1. The van der Waals surface area contributed by atoms with Gasteiger partial charge in [-0.05, 0) is 50.3 Å². The molecule has 2 rings (SSSR count). The molecule has 3 unspecified atom stereocenters. The number of benzene rings is 1. The Morgan fingerprint density at radius 1 is 1.37 bits per heavy atom. The second kappa shape index (κ2) is 11.0. The maximum atomic E-state index is 13.2. The van der Waals surface area contributed by atoms with Crippen molar-refractivity contribution < 1.29 is 14.2 Å². The first-order chi connectivity index (χ1) is 13.0. The number of rotatable bonds is 10. The van der Waals surface area contributed by atoms with Crippen molar-refractivity contribution in [1.29, 1.82) is 5.26 Å². The van der Waals surface area contributed by atoms with Gasteiger partial charge in [-0.15, -0.1) is 0 Å². The maximum Gasteiger partial charge on any atom is 0.206 e. The number of nitrogens with zero attached hydrogens (tertiary/aromatic N) is 1. The minimum Gasteiger partial charge on any atom is -0.391 e. The lowest BCUT2D eigenvalue weighted by Gasteiger charge is -2.28. The van der Waals surface area contributed by atoms with Crippen molar-refractivity contribution in [2.24, 2.45) is 5.92 Å². The molecule has 1 aliphatic carbocycles. The zero-order valence-corrected chi connectivity index (χ0v) is 17.5. The molecule has 1 saturated carbocycles. The summed E-state index contributed by atoms with van der Waals surface area (Å²) < 4.78 is 18.9. The topological polar surface area (TPSA) is 82.3 Å². The molecular weight excluding hydrogens is 359 g/mol. The van der Waals surface area contributed by atoms with Crippen LogP contribution in [-0.2, 0) is 9.09 Å². The van der Waals surface area contributed by atoms with E-state index in [1.807, 2.05) is 32.0 Å². The molecule has 3 atom stereocenters. The third kappa shape index (κ3) is 7.39. The summed E-state index contributed by atoms with van der Waals surface area (Å²) in [6, 6.07) is 9.57. The van der Waals surface area contributed by atoms with E-state index in [1.165, 1.54) is 19.3 Å². The number of aliphatic hydroxyl groups excluding tert-OH is 1. The Morgan fingerprint density at radius 2 is 2.11 bits per heavy atom. The van der Waals surface area contributed by atoms with Crippen molar-refractivity contribution in [3.8, 4) is 6.07 Å². The Kier molecular flexibility index (Phi) is 8.99. The van der Waals surface area contributed by atoms with Crippen LogP contribution in [-0.4, -0.2) is 36.7 Å². The predicted molar refractivity (Wildman–Crippen MR) is 109 cm³/mol. The first-order valence-corrected chi connectivity index (χ1v) is 12.1. The van der Waals surface area contributed by atoms with Crippen molar-refractivity contribution in [2.45, 2.75) is 58.1 Å². The van der Waals surface area contributed by atoms with E-state index in [1.54, 1.807) is 6.07 Å². The van der Waals surface area contributed by atoms with Gasteiger partial charge in [-0.3, -0.25) is 4.57 Å². The Hall–Kier alpha value is -1.18. The molecule has 150 valence electrons. The van der Waals surface area contributed by atoms with Crippen LogP contribution < -0.4 is 5.32 Å². The smallest absolute Gasteiger partial charge is 0.206 e. The van der Waals surface area contributed by atoms with Crippen molar-refractivity contribution >= 4 is 7.37 Å². The summed E-state index contributed by atoms with van der Waals surface area (Å²) >= 11 is 0. The minimum atomic E-state index is -2.82. The molecule has 27 heavy (non-hydrogen) atoms. The Bertz CT molecular complexity index is 668. The summed E-state index contributed by atoms with van der Waals surface area (Å²) in [5, 5.41) is 22.8. The largest absolute Gasteiger partial charge is 0.391 e. The van der Waals surface area contributed by atoms with Crippen LogP contribution in [0.4, 0.5) is 0 Å². The zero-order valence-electron chi connectivity index (χ0n) is 16.6. The number of aliphatic hydroxyl groups is 1. The average Bonchev–Trinajstić information content (AvgIpc) is 2.66. The van der Waals surface area contributed by atoms with Gasteiger partial charge < -0.3 is 14.9 Å². The van der Waals surface area contributed by atoms with E-state index < -0.39 is 13.5 Å². The van der Waals surface area contributed by atoms with E-state index in [0.717, 1.165) is 18.4 Å². The minimum absolute atomic E-state index is 0.00206. The molecular formula is C21H33N2O3P. The van der Waals surface area contributed by atoms with Crippen LogP contribution in [0, 0.1) is 17.2 Å². The molecule has 1 aromatic rings. The lowest BCUT2D eigenvalue weighted by atomic mass is 9.91. The Labute approximate surface area is 163 Å². The molecule has 0 heterocycles. The second-order valence-corrected chi connectivity index (χ2v) is 10.2. The van der Waals surface area contributed by atoms with Gasteiger partial charge >= 0.3 is 0 Å². The third-order valence-corrected chi connectivity index (χ3v) is 8.07. The molecule has 0 saturated heterocycles. The van der Waals surface area contributed by atoms with Gasteiger partial charge in [0.05, 0.1) is 30.5 Å². The highest BCUT2D eigenvalue weighted by Gasteiger charge is 2.31. The Morgan fingerprint density at radius 3 is 2.78 bits per heavy atom. The number of nitrogens with one attached hydrogen (secondary N) is 1. The summed E-state index contributed by atoms with van der Waals surface area (Å²) in [5.41, 5.74) is 1.62. The standard InChI is InChI=1S/C21H33N2O3P/c1-3-26-27(25,15-18-8-5-4-6-9-18)16-21(24)14-23-17(2)20-11-7-10-19(12-20)13-22/h7,10-12,17-18,21,23-24H,3-6,8-9,14-16H2,1-2H3. The molecule has 0 bridgehead atoms. The fourth-order valence-corrected chi connectivity index (χ4v) is 6.63. The van der Waals surface area contributed by atoms with Gasteiger partial charge in [-0.1, -0.05) is 31.4 Å². The van der Waals surface area contributed by atoms with E-state index in [-0.39, 0.29) is 12.2 Å². The van der Waals surface area contributed by atoms with Gasteiger partial charge in [0.15, 0.2) is 0 Å². The highest BCUT2D eigenvalue weighted by atomic mass is 31.2. The van der Waals surface area contributed by atoms with Crippen LogP contribution in [0.2, 0.25) is 0 Å². The number of hydrogen-bond donors (Lipinski definition) is 2. The monoisotopic (exact) mass is 392 g/mol. The highest BCUT2D eigenvalue weighted by molar-refractivity contribution is 7.59. The van der Waals surface area contributed by atoms with Crippen LogP contribution >= 0.6 is 7.37 Å².